The van der Waals surface area contributed by atoms with Gasteiger partial charge in [0, 0.05) is 17.9 Å². The fraction of sp³-hybridized carbons (Fsp3) is 0.222. The lowest BCUT2D eigenvalue weighted by Gasteiger charge is -2.19. The molecule has 0 unspecified atom stereocenters. The Labute approximate surface area is 174 Å². The molecule has 0 bridgehead atoms. The lowest BCUT2D eigenvalue weighted by molar-refractivity contribution is -0.137. The highest BCUT2D eigenvalue weighted by atomic mass is 35.5. The average molecular weight is 463 g/mol. The van der Waals surface area contributed by atoms with E-state index in [-0.39, 0.29) is 29.3 Å². The predicted octanol–water partition coefficient (Wildman–Crippen LogP) is 3.82. The SMILES string of the molecule is COc1ccc(N2C(=O)CCC2=O)cc1S(=O)(=O)Nc1ccc(Cl)cc1C(F)(F)F. The van der Waals surface area contributed by atoms with Gasteiger partial charge in [-0.15, -0.1) is 0 Å². The first kappa shape index (κ1) is 21.9. The molecule has 0 radical (unpaired) electrons. The third-order valence-corrected chi connectivity index (χ3v) is 5.90. The number of benzene rings is 2. The molecule has 160 valence electrons. The molecule has 0 saturated carbocycles. The molecular weight excluding hydrogens is 449 g/mol. The van der Waals surface area contributed by atoms with Crippen LogP contribution in [0.15, 0.2) is 41.3 Å². The van der Waals surface area contributed by atoms with Gasteiger partial charge in [-0.05, 0) is 36.4 Å². The molecule has 0 aliphatic carbocycles. The lowest BCUT2D eigenvalue weighted by Crippen LogP contribution is -2.29. The number of carbonyl (C=O) groups excluding carboxylic acids is 2. The second-order valence-electron chi connectivity index (χ2n) is 6.25. The van der Waals surface area contributed by atoms with Crippen molar-refractivity contribution in [1.82, 2.24) is 0 Å². The summed E-state index contributed by atoms with van der Waals surface area (Å²) in [6.07, 6.45) is -4.92. The maximum absolute atomic E-state index is 13.3. The number of nitrogens with one attached hydrogen (secondary N) is 1. The van der Waals surface area contributed by atoms with Crippen molar-refractivity contribution in [2.45, 2.75) is 23.9 Å². The summed E-state index contributed by atoms with van der Waals surface area (Å²) in [5.41, 5.74) is -2.05. The van der Waals surface area contributed by atoms with Gasteiger partial charge in [-0.1, -0.05) is 11.6 Å². The summed E-state index contributed by atoms with van der Waals surface area (Å²) in [4.78, 5) is 24.2. The monoisotopic (exact) mass is 462 g/mol. The van der Waals surface area contributed by atoms with Crippen LogP contribution in [0.1, 0.15) is 18.4 Å². The fourth-order valence-corrected chi connectivity index (χ4v) is 4.36. The van der Waals surface area contributed by atoms with Gasteiger partial charge >= 0.3 is 6.18 Å². The van der Waals surface area contributed by atoms with Gasteiger partial charge in [-0.25, -0.2) is 8.42 Å². The standard InChI is InChI=1S/C18H14ClF3N2O5S/c1-29-14-5-3-11(24-16(25)6-7-17(24)26)9-15(14)30(27,28)23-13-4-2-10(19)8-12(13)18(20,21)22/h2-5,8-9,23H,6-7H2,1H3. The number of rotatable bonds is 5. The summed E-state index contributed by atoms with van der Waals surface area (Å²) in [5, 5.41) is -0.226. The van der Waals surface area contributed by atoms with Gasteiger partial charge < -0.3 is 4.74 Å². The molecule has 1 heterocycles. The van der Waals surface area contributed by atoms with Crippen molar-refractivity contribution < 1.29 is 35.9 Å². The molecule has 0 spiro atoms. The summed E-state index contributed by atoms with van der Waals surface area (Å²) in [6, 6.07) is 6.08. The van der Waals surface area contributed by atoms with Crippen LogP contribution in [0, 0.1) is 0 Å². The molecule has 1 fully saturated rings. The van der Waals surface area contributed by atoms with Crippen LogP contribution in [-0.2, 0) is 25.8 Å². The smallest absolute Gasteiger partial charge is 0.418 e. The third-order valence-electron chi connectivity index (χ3n) is 4.28. The molecule has 2 aromatic rings. The lowest BCUT2D eigenvalue weighted by atomic mass is 10.2. The van der Waals surface area contributed by atoms with E-state index in [1.165, 1.54) is 19.2 Å². The number of sulfonamides is 1. The highest BCUT2D eigenvalue weighted by Crippen LogP contribution is 2.38. The first-order chi connectivity index (χ1) is 13.9. The van der Waals surface area contributed by atoms with E-state index < -0.39 is 44.2 Å². The Morgan fingerprint density at radius 1 is 1.07 bits per heavy atom. The summed E-state index contributed by atoms with van der Waals surface area (Å²) in [6.45, 7) is 0. The molecule has 2 aromatic carbocycles. The molecule has 1 saturated heterocycles. The van der Waals surface area contributed by atoms with E-state index in [4.69, 9.17) is 16.3 Å². The van der Waals surface area contributed by atoms with Crippen molar-refractivity contribution in [1.29, 1.82) is 0 Å². The van der Waals surface area contributed by atoms with Crippen molar-refractivity contribution >= 4 is 44.8 Å². The Kier molecular flexibility index (Phi) is 5.70. The molecule has 7 nitrogen and oxygen atoms in total. The van der Waals surface area contributed by atoms with Crippen LogP contribution in [0.25, 0.3) is 0 Å². The van der Waals surface area contributed by atoms with Gasteiger partial charge in [0.2, 0.25) is 11.8 Å². The second kappa shape index (κ2) is 7.80. The van der Waals surface area contributed by atoms with E-state index in [0.717, 1.165) is 23.1 Å². The minimum Gasteiger partial charge on any atom is -0.495 e. The Hall–Kier alpha value is -2.79. The number of carbonyl (C=O) groups is 2. The molecule has 3 rings (SSSR count). The quantitative estimate of drug-likeness (QED) is 0.682. The van der Waals surface area contributed by atoms with E-state index >= 15 is 0 Å². The Morgan fingerprint density at radius 3 is 2.27 bits per heavy atom. The number of hydrogen-bond acceptors (Lipinski definition) is 5. The molecule has 1 N–H and O–H groups in total. The summed E-state index contributed by atoms with van der Waals surface area (Å²) >= 11 is 5.61. The molecule has 30 heavy (non-hydrogen) atoms. The zero-order chi connectivity index (χ0) is 22.3. The largest absolute Gasteiger partial charge is 0.495 e. The number of alkyl halides is 3. The third kappa shape index (κ3) is 4.21. The van der Waals surface area contributed by atoms with Crippen LogP contribution in [0.4, 0.5) is 24.5 Å². The van der Waals surface area contributed by atoms with Crippen molar-refractivity contribution in [2.75, 3.05) is 16.7 Å². The van der Waals surface area contributed by atoms with Crippen molar-refractivity contribution in [3.8, 4) is 5.75 Å². The predicted molar refractivity (Wildman–Crippen MR) is 102 cm³/mol. The van der Waals surface area contributed by atoms with Gasteiger partial charge in [0.25, 0.3) is 10.0 Å². The van der Waals surface area contributed by atoms with E-state index in [0.29, 0.717) is 6.07 Å². The second-order valence-corrected chi connectivity index (χ2v) is 8.34. The van der Waals surface area contributed by atoms with Crippen LogP contribution in [0.3, 0.4) is 0 Å². The Balaban J connectivity index is 2.08. The number of amides is 2. The van der Waals surface area contributed by atoms with E-state index in [2.05, 4.69) is 0 Å². The van der Waals surface area contributed by atoms with Gasteiger partial charge in [0.05, 0.1) is 24.0 Å². The first-order valence-corrected chi connectivity index (χ1v) is 10.2. The Bertz CT molecular complexity index is 1120. The van der Waals surface area contributed by atoms with E-state index in [1.807, 2.05) is 4.72 Å². The number of imide groups is 1. The summed E-state index contributed by atoms with van der Waals surface area (Å²) in [5.74, 6) is -1.22. The number of anilines is 2. The highest BCUT2D eigenvalue weighted by molar-refractivity contribution is 7.92. The molecule has 12 heteroatoms. The number of ether oxygens (including phenoxy) is 1. The summed E-state index contributed by atoms with van der Waals surface area (Å²) < 4.78 is 72.6. The molecular formula is C18H14ClF3N2O5S. The van der Waals surface area contributed by atoms with E-state index in [9.17, 15) is 31.2 Å². The maximum Gasteiger partial charge on any atom is 0.418 e. The molecule has 2 amide bonds. The normalized spacial score (nSPS) is 14.9. The molecule has 0 aromatic heterocycles. The van der Waals surface area contributed by atoms with Gasteiger partial charge in [-0.2, -0.15) is 13.2 Å². The van der Waals surface area contributed by atoms with Gasteiger partial charge in [0.15, 0.2) is 0 Å². The van der Waals surface area contributed by atoms with Crippen LogP contribution in [0.5, 0.6) is 5.75 Å². The van der Waals surface area contributed by atoms with E-state index in [1.54, 1.807) is 0 Å². The highest BCUT2D eigenvalue weighted by Gasteiger charge is 2.36. The molecule has 1 aliphatic heterocycles. The molecule has 1 aliphatic rings. The minimum absolute atomic E-state index is 0.0229. The first-order valence-electron chi connectivity index (χ1n) is 8.37. The maximum atomic E-state index is 13.3. The zero-order valence-corrected chi connectivity index (χ0v) is 16.9. The minimum atomic E-state index is -4.87. The van der Waals surface area contributed by atoms with Crippen molar-refractivity contribution in [3.63, 3.8) is 0 Å². The number of hydrogen-bond donors (Lipinski definition) is 1. The van der Waals surface area contributed by atoms with Gasteiger partial charge in [-0.3, -0.25) is 19.2 Å². The Morgan fingerprint density at radius 2 is 1.70 bits per heavy atom. The number of halogens is 4. The molecule has 0 atom stereocenters. The van der Waals surface area contributed by atoms with Crippen LogP contribution < -0.4 is 14.4 Å². The summed E-state index contributed by atoms with van der Waals surface area (Å²) in [7, 11) is -3.44. The fourth-order valence-electron chi connectivity index (χ4n) is 2.92. The van der Waals surface area contributed by atoms with Crippen molar-refractivity contribution in [3.05, 3.63) is 47.0 Å². The van der Waals surface area contributed by atoms with Crippen LogP contribution in [-0.4, -0.2) is 27.3 Å². The number of nitrogens with zero attached hydrogens (tertiary/aromatic N) is 1. The number of methoxy groups -OCH3 is 1. The van der Waals surface area contributed by atoms with Crippen LogP contribution in [0.2, 0.25) is 5.02 Å². The zero-order valence-electron chi connectivity index (χ0n) is 15.3. The topological polar surface area (TPSA) is 92.8 Å². The van der Waals surface area contributed by atoms with Gasteiger partial charge in [0.1, 0.15) is 10.6 Å². The van der Waals surface area contributed by atoms with Crippen LogP contribution >= 0.6 is 11.6 Å². The van der Waals surface area contributed by atoms with Crippen molar-refractivity contribution in [2.24, 2.45) is 0 Å². The average Bonchev–Trinajstić information content (AvgIpc) is 3.00.